The van der Waals surface area contributed by atoms with Crippen LogP contribution in [0.1, 0.15) is 1.43 Å². The van der Waals surface area contributed by atoms with Gasteiger partial charge in [-0.15, -0.1) is 0 Å². The van der Waals surface area contributed by atoms with Crippen LogP contribution in [0.3, 0.4) is 0 Å². The van der Waals surface area contributed by atoms with E-state index in [1.54, 1.807) is 0 Å². The quantitative estimate of drug-likeness (QED) is 0.0912. The zero-order valence-electron chi connectivity index (χ0n) is 24.2. The summed E-state index contributed by atoms with van der Waals surface area (Å²) in [4.78, 5) is 11.2. The molecular formula is C25H21Br2F3K2N2O9S2. The van der Waals surface area contributed by atoms with Crippen molar-refractivity contribution < 1.29 is 159 Å². The van der Waals surface area contributed by atoms with Gasteiger partial charge in [0.2, 0.25) is 20.0 Å². The number of halogens is 5. The van der Waals surface area contributed by atoms with Gasteiger partial charge >= 0.3 is 103 Å². The van der Waals surface area contributed by atoms with Gasteiger partial charge in [0.25, 0.3) is 6.47 Å². The maximum absolute atomic E-state index is 13.0. The fourth-order valence-electron chi connectivity index (χ4n) is 2.48. The van der Waals surface area contributed by atoms with Gasteiger partial charge < -0.3 is 21.4 Å². The fourth-order valence-corrected chi connectivity index (χ4v) is 4.24. The molecule has 0 aliphatic heterocycles. The number of phenols is 1. The SMILES string of the molecule is NS(=O)(=O)c1ccc(F)cc1.NS(=O)(=O)c1ccc(Oc2ccc(F)c(Br)c2)cc1.O=CO[O-].Oc1ccc(F)c(Br)c1.[H-].[K+].[K+]. The van der Waals surface area contributed by atoms with Crippen LogP contribution < -0.4 is 123 Å². The number of benzene rings is 4. The van der Waals surface area contributed by atoms with E-state index in [1.165, 1.54) is 60.7 Å². The third-order valence-electron chi connectivity index (χ3n) is 4.36. The smallest absolute Gasteiger partial charge is 1.00 e. The summed E-state index contributed by atoms with van der Waals surface area (Å²) in [6.07, 6.45) is 0. The topological polar surface area (TPSA) is 199 Å². The summed E-state index contributed by atoms with van der Waals surface area (Å²) in [5, 5.41) is 26.9. The van der Waals surface area contributed by atoms with Gasteiger partial charge in [0.1, 0.15) is 34.7 Å². The zero-order valence-corrected chi connectivity index (χ0v) is 34.3. The van der Waals surface area contributed by atoms with Crippen LogP contribution in [0.15, 0.2) is 104 Å². The first kappa shape index (κ1) is 46.9. The van der Waals surface area contributed by atoms with Crippen LogP contribution in [0.5, 0.6) is 17.2 Å². The Balaban J connectivity index is -0.000000589. The number of primary sulfonamides is 2. The number of aromatic hydroxyl groups is 1. The third-order valence-corrected chi connectivity index (χ3v) is 7.44. The molecule has 0 amide bonds. The second-order valence-corrected chi connectivity index (χ2v) is 12.3. The number of nitrogens with two attached hydrogens (primary N) is 2. The first-order chi connectivity index (χ1) is 20.0. The molecule has 0 aromatic heterocycles. The number of phenolic OH excluding ortho intramolecular Hbond substituents is 1. The third kappa shape index (κ3) is 19.4. The Kier molecular flexibility index (Phi) is 24.1. The Morgan fingerprint density at radius 1 is 0.711 bits per heavy atom. The number of ether oxygens (including phenoxy) is 1. The molecule has 0 fully saturated rings. The minimum absolute atomic E-state index is 0. The first-order valence-corrected chi connectivity index (χ1v) is 15.6. The van der Waals surface area contributed by atoms with Crippen molar-refractivity contribution in [2.75, 3.05) is 0 Å². The second kappa shape index (κ2) is 23.2. The van der Waals surface area contributed by atoms with Crippen LogP contribution in [0.4, 0.5) is 13.2 Å². The fraction of sp³-hybridized carbons (Fsp3) is 0. The van der Waals surface area contributed by atoms with Crippen molar-refractivity contribution >= 4 is 58.4 Å². The van der Waals surface area contributed by atoms with Gasteiger partial charge in [0, 0.05) is 0 Å². The molecule has 5 N–H and O–H groups in total. The van der Waals surface area contributed by atoms with Gasteiger partial charge in [-0.05, 0) is 117 Å². The summed E-state index contributed by atoms with van der Waals surface area (Å²) in [6, 6.07) is 17.9. The molecule has 0 saturated carbocycles. The summed E-state index contributed by atoms with van der Waals surface area (Å²) in [6.45, 7) is -0.181. The van der Waals surface area contributed by atoms with Crippen LogP contribution in [-0.2, 0) is 29.7 Å². The monoisotopic (exact) mass is 850 g/mol. The van der Waals surface area contributed by atoms with Gasteiger partial charge in [-0.3, -0.25) is 4.79 Å². The summed E-state index contributed by atoms with van der Waals surface area (Å²) in [5.74, 6) is -0.340. The van der Waals surface area contributed by atoms with Crippen LogP contribution in [0.2, 0.25) is 0 Å². The zero-order chi connectivity index (χ0) is 32.8. The van der Waals surface area contributed by atoms with E-state index >= 15 is 0 Å². The molecule has 0 unspecified atom stereocenters. The van der Waals surface area contributed by atoms with Crippen LogP contribution in [-0.4, -0.2) is 28.4 Å². The van der Waals surface area contributed by atoms with Crippen LogP contribution in [0.25, 0.3) is 0 Å². The standard InChI is InChI=1S/C12H9BrFNO3S.C6H4BrFO.C6H6FNO2S.CH2O3.2K.H/c13-11-7-9(3-6-12(11)14)18-8-1-4-10(5-2-8)19(15,16)17;7-5-3-4(9)1-2-6(5)8;7-5-1-3-6(4-2-5)11(8,9)10;2-1-4-3;;;/h1-7H,(H2,15,16,17);1-3,9H;1-4H,(H2,8,9,10);1,3H;;;/q;;;;2*+1;-1/p-1. The van der Waals surface area contributed by atoms with Gasteiger partial charge in [-0.1, -0.05) is 0 Å². The van der Waals surface area contributed by atoms with Crippen molar-refractivity contribution in [1.29, 1.82) is 0 Å². The molecule has 20 heteroatoms. The van der Waals surface area contributed by atoms with Crippen molar-refractivity contribution in [3.8, 4) is 17.2 Å². The molecule has 0 spiro atoms. The minimum atomic E-state index is -3.72. The molecule has 0 atom stereocenters. The average Bonchev–Trinajstić information content (AvgIpc) is 2.93. The molecule has 0 aliphatic rings. The second-order valence-electron chi connectivity index (χ2n) is 7.48. The summed E-state index contributed by atoms with van der Waals surface area (Å²) in [7, 11) is -7.40. The van der Waals surface area contributed by atoms with Crippen molar-refractivity contribution in [2.45, 2.75) is 9.79 Å². The molecule has 0 radical (unpaired) electrons. The molecule has 0 saturated heterocycles. The van der Waals surface area contributed by atoms with Gasteiger partial charge in [-0.2, -0.15) is 0 Å². The average molecular weight is 853 g/mol. The Labute approximate surface area is 360 Å². The molecule has 0 heterocycles. The molecule has 0 aliphatic carbocycles. The predicted octanol–water partition coefficient (Wildman–Crippen LogP) is -1.65. The summed E-state index contributed by atoms with van der Waals surface area (Å²) in [5.41, 5.74) is 0. The van der Waals surface area contributed by atoms with Crippen molar-refractivity contribution in [2.24, 2.45) is 10.3 Å². The van der Waals surface area contributed by atoms with Crippen LogP contribution in [0, 0.1) is 17.5 Å². The maximum Gasteiger partial charge on any atom is 1.00 e. The van der Waals surface area contributed by atoms with E-state index in [1.807, 2.05) is 0 Å². The van der Waals surface area contributed by atoms with E-state index in [9.17, 15) is 30.0 Å². The molecular weight excluding hydrogens is 831 g/mol. The number of hydrogen-bond donors (Lipinski definition) is 3. The van der Waals surface area contributed by atoms with E-state index in [-0.39, 0.29) is 141 Å². The Bertz CT molecular complexity index is 1730. The minimum Gasteiger partial charge on any atom is -1.00 e. The van der Waals surface area contributed by atoms with E-state index < -0.39 is 31.7 Å². The van der Waals surface area contributed by atoms with Gasteiger partial charge in [0.15, 0.2) is 0 Å². The maximum atomic E-state index is 13.0. The van der Waals surface area contributed by atoms with E-state index in [0.29, 0.717) is 11.5 Å². The predicted molar refractivity (Wildman–Crippen MR) is 154 cm³/mol. The molecule has 234 valence electrons. The molecule has 4 aromatic carbocycles. The molecule has 4 rings (SSSR count). The number of sulfonamides is 2. The number of carbonyl (C=O) groups excluding carboxylic acids is 1. The first-order valence-electron chi connectivity index (χ1n) is 10.9. The Morgan fingerprint density at radius 3 is 1.44 bits per heavy atom. The number of hydrogen-bond acceptors (Lipinski definition) is 9. The van der Waals surface area contributed by atoms with E-state index in [0.717, 1.165) is 24.3 Å². The molecule has 0 bridgehead atoms. The van der Waals surface area contributed by atoms with E-state index in [2.05, 4.69) is 36.7 Å². The normalized spacial score (nSPS) is 9.96. The summed E-state index contributed by atoms with van der Waals surface area (Å²) < 4.78 is 87.0. The molecule has 11 nitrogen and oxygen atoms in total. The van der Waals surface area contributed by atoms with Crippen molar-refractivity contribution in [1.82, 2.24) is 0 Å². The van der Waals surface area contributed by atoms with E-state index in [4.69, 9.17) is 30.2 Å². The Morgan fingerprint density at radius 2 is 1.09 bits per heavy atom. The van der Waals surface area contributed by atoms with Crippen LogP contribution >= 0.6 is 31.9 Å². The molecule has 4 aromatic rings. The van der Waals surface area contributed by atoms with Gasteiger partial charge in [0.05, 0.1) is 18.7 Å². The van der Waals surface area contributed by atoms with Gasteiger partial charge in [-0.25, -0.2) is 40.3 Å². The summed E-state index contributed by atoms with van der Waals surface area (Å²) >= 11 is 5.96. The van der Waals surface area contributed by atoms with Crippen molar-refractivity contribution in [3.63, 3.8) is 0 Å². The number of rotatable bonds is 5. The molecule has 45 heavy (non-hydrogen) atoms. The number of carbonyl (C=O) groups is 1. The Hall–Kier alpha value is -0.247. The largest absolute Gasteiger partial charge is 1.00 e. The van der Waals surface area contributed by atoms with Crippen molar-refractivity contribution in [3.05, 3.63) is 111 Å².